The Hall–Kier alpha value is -3.48. The number of ketones is 1. The number of amides is 5. The fraction of sp³-hybridized carbons (Fsp3) is 0.738. The normalized spacial score (nSPS) is 17.1. The van der Waals surface area contributed by atoms with Crippen LogP contribution in [0.15, 0.2) is 29.4 Å². The number of thiol groups is 1. The van der Waals surface area contributed by atoms with Crippen LogP contribution in [0.4, 0.5) is 0 Å². The molecule has 13 heteroatoms. The number of Topliss-reactive ketones (excluding diaryl/α,β-unsaturated/α-hetero) is 1. The maximum Gasteiger partial charge on any atom is 0.289 e. The minimum Gasteiger partial charge on any atom is -0.347 e. The van der Waals surface area contributed by atoms with E-state index in [-0.39, 0.29) is 24.2 Å². The minimum atomic E-state index is -0.811. The monoisotopic (exact) mass is 795 g/mol. The van der Waals surface area contributed by atoms with E-state index >= 15 is 0 Å². The summed E-state index contributed by atoms with van der Waals surface area (Å²) in [6.45, 7) is 22.3. The molecular weight excluding hydrogens is 717 g/mol. The fourth-order valence-corrected chi connectivity index (χ4v) is 5.28. The molecule has 55 heavy (non-hydrogen) atoms. The fourth-order valence-electron chi connectivity index (χ4n) is 5.28. The van der Waals surface area contributed by atoms with Gasteiger partial charge < -0.3 is 26.2 Å². The van der Waals surface area contributed by atoms with Crippen LogP contribution in [0.5, 0.6) is 0 Å². The summed E-state index contributed by atoms with van der Waals surface area (Å²) < 4.78 is 0. The number of nitrogens with zero attached hydrogens (tertiary/aromatic N) is 2. The van der Waals surface area contributed by atoms with Crippen molar-refractivity contribution in [1.82, 2.24) is 26.2 Å². The van der Waals surface area contributed by atoms with Gasteiger partial charge in [0.15, 0.2) is 0 Å². The highest BCUT2D eigenvalue weighted by Crippen LogP contribution is 2.27. The molecule has 2 heterocycles. The standard InChI is InChI=1S/C28H38N6O6.C4H10.C3H8.3C2H6.CH4S/c35-22(27(39)32-19-12-13-19)16-30-26(38)21-11-7-15-34(21)23(36)17-31-28(40)24(18-8-3-1-4-9-18)33-25(37)20-10-5-2-6-14-29-20;1-4(2)3;1-3-2;4*1-2/h5-6,10,14,18-19,21,24H,1-4,7-9,11-13,15-17H2,(H,30,38)(H,31,40)(H,32,39)(H,33,37);4H,1-3H3;3H2,1-2H3;3*1-2H3;2H,1H3. The first-order valence-corrected chi connectivity index (χ1v) is 21.7. The Labute approximate surface area is 339 Å². The van der Waals surface area contributed by atoms with Gasteiger partial charge in [0.05, 0.1) is 13.1 Å². The summed E-state index contributed by atoms with van der Waals surface area (Å²) in [5, 5.41) is 10.6. The molecule has 5 amide bonds. The number of hydrogen-bond acceptors (Lipinski definition) is 8. The Morgan fingerprint density at radius 3 is 1.91 bits per heavy atom. The number of aliphatic imine (C=N–C) groups is 1. The molecule has 2 saturated carbocycles. The quantitative estimate of drug-likeness (QED) is 0.115. The van der Waals surface area contributed by atoms with Gasteiger partial charge in [0.2, 0.25) is 23.5 Å². The maximum atomic E-state index is 13.3. The van der Waals surface area contributed by atoms with Crippen molar-refractivity contribution >= 4 is 53.7 Å². The van der Waals surface area contributed by atoms with Gasteiger partial charge in [0.1, 0.15) is 17.8 Å². The summed E-state index contributed by atoms with van der Waals surface area (Å²) in [4.78, 5) is 81.3. The molecule has 2 unspecified atom stereocenters. The third-order valence-corrected chi connectivity index (χ3v) is 7.67. The van der Waals surface area contributed by atoms with Gasteiger partial charge in [-0.25, -0.2) is 0 Å². The lowest BCUT2D eigenvalue weighted by Crippen LogP contribution is -2.55. The Balaban J connectivity index is -0.00000158. The summed E-state index contributed by atoms with van der Waals surface area (Å²) in [7, 11) is 0. The Kier molecular flexibility index (Phi) is 36.7. The van der Waals surface area contributed by atoms with E-state index in [4.69, 9.17) is 0 Å². The highest BCUT2D eigenvalue weighted by Gasteiger charge is 2.36. The summed E-state index contributed by atoms with van der Waals surface area (Å²) >= 11 is 3.53. The van der Waals surface area contributed by atoms with E-state index < -0.39 is 53.9 Å². The minimum absolute atomic E-state index is 0.0379. The number of allylic oxidation sites excluding steroid dienone is 2. The average molecular weight is 795 g/mol. The molecule has 0 bridgehead atoms. The third kappa shape index (κ3) is 25.3. The van der Waals surface area contributed by atoms with Crippen LogP contribution in [0.1, 0.15) is 147 Å². The molecule has 2 aliphatic heterocycles. The lowest BCUT2D eigenvalue weighted by atomic mass is 9.83. The largest absolute Gasteiger partial charge is 0.347 e. The van der Waals surface area contributed by atoms with Crippen molar-refractivity contribution in [2.45, 2.75) is 165 Å². The maximum absolute atomic E-state index is 13.3. The molecule has 1 saturated heterocycles. The van der Waals surface area contributed by atoms with Crippen molar-refractivity contribution in [3.63, 3.8) is 0 Å². The van der Waals surface area contributed by atoms with Crippen molar-refractivity contribution in [2.75, 3.05) is 25.9 Å². The number of rotatable bonds is 11. The summed E-state index contributed by atoms with van der Waals surface area (Å²) in [6, 6.07) is -1.56. The summed E-state index contributed by atoms with van der Waals surface area (Å²) in [5.74, 6) is -2.52. The zero-order chi connectivity index (χ0) is 42.8. The molecule has 2 atom stereocenters. The van der Waals surface area contributed by atoms with E-state index in [1.165, 1.54) is 11.3 Å². The van der Waals surface area contributed by atoms with Crippen molar-refractivity contribution in [3.8, 4) is 0 Å². The van der Waals surface area contributed by atoms with Crippen molar-refractivity contribution in [2.24, 2.45) is 16.8 Å². The zero-order valence-electron chi connectivity index (χ0n) is 36.4. The summed E-state index contributed by atoms with van der Waals surface area (Å²) in [5.41, 5.74) is 0.216. The van der Waals surface area contributed by atoms with Gasteiger partial charge in [0.25, 0.3) is 11.8 Å². The number of hydrogen-bond donors (Lipinski definition) is 5. The van der Waals surface area contributed by atoms with E-state index in [9.17, 15) is 28.8 Å². The second-order valence-electron chi connectivity index (χ2n) is 13.2. The second kappa shape index (κ2) is 36.2. The van der Waals surface area contributed by atoms with Crippen LogP contribution in [0.25, 0.3) is 0 Å². The number of carbonyl (C=O) groups is 6. The van der Waals surface area contributed by atoms with Crippen molar-refractivity contribution < 1.29 is 28.8 Å². The molecule has 318 valence electrons. The van der Waals surface area contributed by atoms with E-state index in [2.05, 4.69) is 73.5 Å². The molecule has 2 aliphatic carbocycles. The second-order valence-corrected chi connectivity index (χ2v) is 13.2. The zero-order valence-corrected chi connectivity index (χ0v) is 37.3. The van der Waals surface area contributed by atoms with Crippen LogP contribution < -0.4 is 21.3 Å². The molecule has 0 aromatic rings. The molecule has 4 N–H and O–H groups in total. The molecular formula is C42H78N6O6S. The smallest absolute Gasteiger partial charge is 0.289 e. The SMILES string of the molecule is CC.CC.CC.CC(C)C.CCC.CS.O=C(CNC(=O)C1CCCN1C(=O)CNC(=O)C(NC(=O)C1=NC=CCC=C1)C1CCCCC1)C(=O)NC1CC1. The Bertz CT molecular complexity index is 1180. The van der Waals surface area contributed by atoms with E-state index in [0.29, 0.717) is 25.8 Å². The van der Waals surface area contributed by atoms with Gasteiger partial charge in [-0.2, -0.15) is 12.6 Å². The van der Waals surface area contributed by atoms with Gasteiger partial charge >= 0.3 is 0 Å². The molecule has 0 aromatic heterocycles. The van der Waals surface area contributed by atoms with Gasteiger partial charge in [-0.1, -0.05) is 114 Å². The predicted molar refractivity (Wildman–Crippen MR) is 231 cm³/mol. The predicted octanol–water partition coefficient (Wildman–Crippen LogP) is 6.74. The van der Waals surface area contributed by atoms with Crippen LogP contribution in [0.2, 0.25) is 0 Å². The molecule has 0 radical (unpaired) electrons. The van der Waals surface area contributed by atoms with Crippen molar-refractivity contribution in [3.05, 3.63) is 24.4 Å². The third-order valence-electron chi connectivity index (χ3n) is 7.67. The first kappa shape index (κ1) is 55.9. The van der Waals surface area contributed by atoms with Gasteiger partial charge in [-0.15, -0.1) is 0 Å². The number of carbonyl (C=O) groups excluding carboxylic acids is 6. The van der Waals surface area contributed by atoms with Crippen LogP contribution in [0.3, 0.4) is 0 Å². The van der Waals surface area contributed by atoms with Gasteiger partial charge in [-0.05, 0) is 69.1 Å². The molecule has 0 aromatic carbocycles. The van der Waals surface area contributed by atoms with E-state index in [0.717, 1.165) is 50.9 Å². The van der Waals surface area contributed by atoms with Crippen LogP contribution in [0, 0.1) is 11.8 Å². The van der Waals surface area contributed by atoms with E-state index in [1.807, 2.05) is 53.7 Å². The summed E-state index contributed by atoms with van der Waals surface area (Å²) in [6.07, 6.45) is 17.7. The molecule has 12 nitrogen and oxygen atoms in total. The lowest BCUT2D eigenvalue weighted by Gasteiger charge is -2.30. The molecule has 4 aliphatic rings. The first-order valence-electron chi connectivity index (χ1n) is 20.8. The van der Waals surface area contributed by atoms with Crippen LogP contribution >= 0.6 is 12.6 Å². The highest BCUT2D eigenvalue weighted by molar-refractivity contribution is 7.79. The van der Waals surface area contributed by atoms with Gasteiger partial charge in [0, 0.05) is 18.8 Å². The van der Waals surface area contributed by atoms with Gasteiger partial charge in [-0.3, -0.25) is 33.8 Å². The number of likely N-dealkylation sites (tertiary alicyclic amines) is 1. The van der Waals surface area contributed by atoms with Crippen LogP contribution in [-0.2, 0) is 28.8 Å². The molecule has 4 rings (SSSR count). The molecule has 3 fully saturated rings. The lowest BCUT2D eigenvalue weighted by molar-refractivity contribution is -0.140. The van der Waals surface area contributed by atoms with Crippen LogP contribution in [-0.4, -0.2) is 89.9 Å². The number of nitrogens with one attached hydrogen (secondary N) is 4. The van der Waals surface area contributed by atoms with Crippen molar-refractivity contribution in [1.29, 1.82) is 0 Å². The first-order chi connectivity index (χ1) is 26.5. The Morgan fingerprint density at radius 1 is 0.800 bits per heavy atom. The molecule has 0 spiro atoms. The topological polar surface area (TPSA) is 166 Å². The Morgan fingerprint density at radius 2 is 1.36 bits per heavy atom. The van der Waals surface area contributed by atoms with E-state index in [1.54, 1.807) is 18.5 Å². The highest BCUT2D eigenvalue weighted by atomic mass is 32.1. The average Bonchev–Trinajstić information content (AvgIpc) is 3.96.